The number of hydrazine groups is 1. The maximum atomic E-state index is 12.1. The number of hydrogen-bond acceptors (Lipinski definition) is 5. The first-order chi connectivity index (χ1) is 10.3. The van der Waals surface area contributed by atoms with Crippen LogP contribution < -0.4 is 16.6 Å². The summed E-state index contributed by atoms with van der Waals surface area (Å²) < 4.78 is 0. The highest BCUT2D eigenvalue weighted by atomic mass is 16.1. The fraction of sp³-hybridized carbons (Fsp3) is 0. The number of benzene rings is 2. The number of nitrogen functional groups attached to an aromatic ring is 1. The van der Waals surface area contributed by atoms with Crippen LogP contribution in [0.2, 0.25) is 0 Å². The lowest BCUT2D eigenvalue weighted by Gasteiger charge is -2.06. The van der Waals surface area contributed by atoms with E-state index >= 15 is 0 Å². The minimum absolute atomic E-state index is 0.224. The van der Waals surface area contributed by atoms with E-state index < -0.39 is 0 Å². The number of nitrogens with one attached hydrogen (secondary N) is 2. The van der Waals surface area contributed by atoms with E-state index in [1.165, 1.54) is 12.4 Å². The molecule has 1 amide bonds. The molecule has 0 aliphatic carbocycles. The molecule has 0 radical (unpaired) electrons. The van der Waals surface area contributed by atoms with Gasteiger partial charge in [0.25, 0.3) is 5.91 Å². The van der Waals surface area contributed by atoms with Crippen molar-refractivity contribution >= 4 is 28.2 Å². The zero-order valence-electron chi connectivity index (χ0n) is 11.1. The largest absolute Gasteiger partial charge is 0.321 e. The molecule has 104 valence electrons. The average molecular weight is 279 g/mol. The first-order valence-electron chi connectivity index (χ1n) is 6.35. The molecule has 3 aromatic rings. The van der Waals surface area contributed by atoms with Crippen molar-refractivity contribution < 1.29 is 4.79 Å². The average Bonchev–Trinajstić information content (AvgIpc) is 2.55. The van der Waals surface area contributed by atoms with Gasteiger partial charge in [0.05, 0.1) is 12.4 Å². The molecule has 0 fully saturated rings. The van der Waals surface area contributed by atoms with Gasteiger partial charge in [0.1, 0.15) is 5.69 Å². The summed E-state index contributed by atoms with van der Waals surface area (Å²) in [5.41, 5.74) is 3.29. The number of fused-ring (bicyclic) bond motifs is 1. The van der Waals surface area contributed by atoms with Gasteiger partial charge >= 0.3 is 0 Å². The van der Waals surface area contributed by atoms with Crippen molar-refractivity contribution in [3.8, 4) is 0 Å². The second kappa shape index (κ2) is 5.56. The Hall–Kier alpha value is -2.99. The number of aromatic nitrogens is 2. The number of amides is 1. The number of carbonyl (C=O) groups is 1. The molecule has 0 atom stereocenters. The molecule has 0 aliphatic rings. The van der Waals surface area contributed by atoms with E-state index in [-0.39, 0.29) is 11.6 Å². The summed E-state index contributed by atoms with van der Waals surface area (Å²) >= 11 is 0. The smallest absolute Gasteiger partial charge is 0.275 e. The molecule has 4 N–H and O–H groups in total. The summed E-state index contributed by atoms with van der Waals surface area (Å²) in [5.74, 6) is 5.28. The van der Waals surface area contributed by atoms with Gasteiger partial charge in [-0.3, -0.25) is 4.79 Å². The highest BCUT2D eigenvalue weighted by Crippen LogP contribution is 2.19. The van der Waals surface area contributed by atoms with Crippen LogP contribution in [0, 0.1) is 0 Å². The first kappa shape index (κ1) is 13.0. The van der Waals surface area contributed by atoms with Crippen molar-refractivity contribution in [1.82, 2.24) is 9.97 Å². The summed E-state index contributed by atoms with van der Waals surface area (Å²) in [7, 11) is 0. The lowest BCUT2D eigenvalue weighted by molar-refractivity contribution is 0.102. The van der Waals surface area contributed by atoms with Gasteiger partial charge in [0.15, 0.2) is 5.82 Å². The minimum Gasteiger partial charge on any atom is -0.321 e. The van der Waals surface area contributed by atoms with Crippen LogP contribution in [0.1, 0.15) is 10.5 Å². The third-order valence-electron chi connectivity index (χ3n) is 3.04. The van der Waals surface area contributed by atoms with Gasteiger partial charge in [-0.05, 0) is 22.9 Å². The third-order valence-corrected chi connectivity index (χ3v) is 3.04. The van der Waals surface area contributed by atoms with Crippen molar-refractivity contribution in [1.29, 1.82) is 0 Å². The number of rotatable bonds is 3. The molecule has 0 bridgehead atoms. The molecular weight excluding hydrogens is 266 g/mol. The van der Waals surface area contributed by atoms with Gasteiger partial charge in [0, 0.05) is 5.69 Å². The fourth-order valence-electron chi connectivity index (χ4n) is 1.98. The van der Waals surface area contributed by atoms with E-state index in [9.17, 15) is 4.79 Å². The fourth-order valence-corrected chi connectivity index (χ4v) is 1.98. The van der Waals surface area contributed by atoms with Crippen LogP contribution in [0.5, 0.6) is 0 Å². The van der Waals surface area contributed by atoms with Crippen molar-refractivity contribution in [2.75, 3.05) is 10.7 Å². The summed E-state index contributed by atoms with van der Waals surface area (Å²) in [4.78, 5) is 20.0. The van der Waals surface area contributed by atoms with Crippen LogP contribution in [-0.4, -0.2) is 15.9 Å². The Labute approximate surface area is 121 Å². The number of nitrogens with two attached hydrogens (primary N) is 1. The monoisotopic (exact) mass is 279 g/mol. The highest BCUT2D eigenvalue weighted by Gasteiger charge is 2.08. The van der Waals surface area contributed by atoms with Gasteiger partial charge in [0.2, 0.25) is 0 Å². The first-order valence-corrected chi connectivity index (χ1v) is 6.35. The van der Waals surface area contributed by atoms with Crippen LogP contribution in [-0.2, 0) is 0 Å². The molecule has 0 aliphatic heterocycles. The topological polar surface area (TPSA) is 92.9 Å². The second-order valence-electron chi connectivity index (χ2n) is 4.45. The van der Waals surface area contributed by atoms with Crippen LogP contribution >= 0.6 is 0 Å². The van der Waals surface area contributed by atoms with Gasteiger partial charge < -0.3 is 10.7 Å². The molecule has 0 spiro atoms. The van der Waals surface area contributed by atoms with Crippen LogP contribution in [0.4, 0.5) is 11.5 Å². The van der Waals surface area contributed by atoms with Crippen LogP contribution in [0.3, 0.4) is 0 Å². The number of carbonyl (C=O) groups excluding carboxylic acids is 1. The number of hydrogen-bond donors (Lipinski definition) is 3. The Bertz CT molecular complexity index is 785. The number of anilines is 2. The normalized spacial score (nSPS) is 10.3. The second-order valence-corrected chi connectivity index (χ2v) is 4.45. The lowest BCUT2D eigenvalue weighted by Crippen LogP contribution is -2.15. The van der Waals surface area contributed by atoms with Crippen LogP contribution in [0.15, 0.2) is 54.9 Å². The molecule has 0 saturated carbocycles. The molecule has 0 unspecified atom stereocenters. The van der Waals surface area contributed by atoms with Crippen molar-refractivity contribution in [3.63, 3.8) is 0 Å². The predicted molar refractivity (Wildman–Crippen MR) is 81.7 cm³/mol. The van der Waals surface area contributed by atoms with Gasteiger partial charge in [-0.1, -0.05) is 30.3 Å². The molecule has 21 heavy (non-hydrogen) atoms. The maximum Gasteiger partial charge on any atom is 0.275 e. The van der Waals surface area contributed by atoms with E-state index in [2.05, 4.69) is 20.7 Å². The van der Waals surface area contributed by atoms with Gasteiger partial charge in [-0.2, -0.15) is 0 Å². The Morgan fingerprint density at radius 1 is 1.00 bits per heavy atom. The quantitative estimate of drug-likeness (QED) is 0.504. The Kier molecular flexibility index (Phi) is 3.44. The molecule has 0 saturated heterocycles. The molecular formula is C15H13N5O. The molecule has 1 heterocycles. The zero-order chi connectivity index (χ0) is 14.7. The summed E-state index contributed by atoms with van der Waals surface area (Å²) in [6, 6.07) is 13.7. The van der Waals surface area contributed by atoms with Crippen LogP contribution in [0.25, 0.3) is 10.8 Å². The third kappa shape index (κ3) is 2.80. The Balaban J connectivity index is 1.81. The van der Waals surface area contributed by atoms with E-state index in [4.69, 9.17) is 5.84 Å². The molecule has 2 aromatic carbocycles. The minimum atomic E-state index is -0.318. The maximum absolute atomic E-state index is 12.1. The Morgan fingerprint density at radius 3 is 2.52 bits per heavy atom. The van der Waals surface area contributed by atoms with E-state index in [0.29, 0.717) is 11.5 Å². The summed E-state index contributed by atoms with van der Waals surface area (Å²) in [6.07, 6.45) is 2.76. The van der Waals surface area contributed by atoms with Crippen molar-refractivity contribution in [2.24, 2.45) is 5.84 Å². The molecule has 3 rings (SSSR count). The van der Waals surface area contributed by atoms with Gasteiger partial charge in [-0.25, -0.2) is 15.8 Å². The Morgan fingerprint density at radius 2 is 1.81 bits per heavy atom. The SMILES string of the molecule is NNc1cnc(C(=O)Nc2ccc3ccccc3c2)cn1. The lowest BCUT2D eigenvalue weighted by atomic mass is 10.1. The standard InChI is InChI=1S/C15H13N5O/c16-20-14-9-17-13(8-18-14)15(21)19-12-6-5-10-3-1-2-4-11(10)7-12/h1-9H,16H2,(H,18,20)(H,19,21). The zero-order valence-corrected chi connectivity index (χ0v) is 11.1. The van der Waals surface area contributed by atoms with E-state index in [0.717, 1.165) is 10.8 Å². The molecule has 1 aromatic heterocycles. The highest BCUT2D eigenvalue weighted by molar-refractivity contribution is 6.03. The van der Waals surface area contributed by atoms with E-state index in [1.807, 2.05) is 42.5 Å². The number of nitrogens with zero attached hydrogens (tertiary/aromatic N) is 2. The van der Waals surface area contributed by atoms with Gasteiger partial charge in [-0.15, -0.1) is 0 Å². The molecule has 6 nitrogen and oxygen atoms in total. The summed E-state index contributed by atoms with van der Waals surface area (Å²) in [5, 5.41) is 4.97. The van der Waals surface area contributed by atoms with Crippen molar-refractivity contribution in [2.45, 2.75) is 0 Å². The van der Waals surface area contributed by atoms with Crippen molar-refractivity contribution in [3.05, 3.63) is 60.6 Å². The van der Waals surface area contributed by atoms with E-state index in [1.54, 1.807) is 0 Å². The molecule has 6 heteroatoms. The summed E-state index contributed by atoms with van der Waals surface area (Å²) in [6.45, 7) is 0. The predicted octanol–water partition coefficient (Wildman–Crippen LogP) is 2.17.